The number of carbonyl (C=O) groups excluding carboxylic acids is 2. The Hall–Kier alpha value is -2.83. The van der Waals surface area contributed by atoms with Crippen molar-refractivity contribution in [1.29, 1.82) is 0 Å². The van der Waals surface area contributed by atoms with Gasteiger partial charge in [-0.1, -0.05) is 12.1 Å². The molecule has 1 aromatic heterocycles. The predicted octanol–water partition coefficient (Wildman–Crippen LogP) is 1.97. The van der Waals surface area contributed by atoms with Gasteiger partial charge in [0.15, 0.2) is 0 Å². The van der Waals surface area contributed by atoms with Crippen molar-refractivity contribution >= 4 is 11.8 Å². The first-order valence-corrected chi connectivity index (χ1v) is 8.95. The van der Waals surface area contributed by atoms with Crippen molar-refractivity contribution in [2.24, 2.45) is 0 Å². The zero-order valence-corrected chi connectivity index (χ0v) is 15.0. The van der Waals surface area contributed by atoms with E-state index >= 15 is 0 Å². The average Bonchev–Trinajstić information content (AvgIpc) is 3.02. The maximum Gasteiger partial charge on any atom is 0.258 e. The third-order valence-electron chi connectivity index (χ3n) is 5.02. The Kier molecular flexibility index (Phi) is 3.94. The Morgan fingerprint density at radius 1 is 1.38 bits per heavy atom. The Morgan fingerprint density at radius 2 is 2.19 bits per heavy atom. The number of carbonyl (C=O) groups is 2. The normalized spacial score (nSPS) is 21.9. The van der Waals surface area contributed by atoms with Crippen LogP contribution < -0.4 is 10.1 Å². The molecule has 0 bridgehead atoms. The smallest absolute Gasteiger partial charge is 0.258 e. The number of nitrogens with one attached hydrogen (secondary N) is 1. The lowest BCUT2D eigenvalue weighted by atomic mass is 9.97. The molecule has 0 aliphatic carbocycles. The molecule has 2 aromatic rings. The highest BCUT2D eigenvalue weighted by atomic mass is 16.5. The number of piperidine rings is 1. The van der Waals surface area contributed by atoms with Crippen molar-refractivity contribution in [2.45, 2.75) is 39.0 Å². The Bertz CT molecular complexity index is 875. The summed E-state index contributed by atoms with van der Waals surface area (Å²) in [7, 11) is 0. The SMILES string of the molecule is CCn1cc(C(=O)N2CCCC3(C2)NC(=O)c2ccccc2O3)c(C)n1. The van der Waals surface area contributed by atoms with Gasteiger partial charge in [0.25, 0.3) is 11.8 Å². The maximum absolute atomic E-state index is 13.0. The molecule has 7 nitrogen and oxygen atoms in total. The molecule has 1 fully saturated rings. The van der Waals surface area contributed by atoms with Crippen LogP contribution >= 0.6 is 0 Å². The summed E-state index contributed by atoms with van der Waals surface area (Å²) in [5.74, 6) is 0.342. The van der Waals surface area contributed by atoms with E-state index in [0.29, 0.717) is 42.9 Å². The van der Waals surface area contributed by atoms with Gasteiger partial charge in [-0.15, -0.1) is 0 Å². The van der Waals surface area contributed by atoms with Crippen molar-refractivity contribution in [3.63, 3.8) is 0 Å². The van der Waals surface area contributed by atoms with E-state index in [1.165, 1.54) is 0 Å². The van der Waals surface area contributed by atoms with Gasteiger partial charge in [0.2, 0.25) is 5.72 Å². The van der Waals surface area contributed by atoms with Crippen LogP contribution in [0.4, 0.5) is 0 Å². The van der Waals surface area contributed by atoms with Crippen LogP contribution in [0, 0.1) is 6.92 Å². The van der Waals surface area contributed by atoms with E-state index in [4.69, 9.17) is 4.74 Å². The number of aryl methyl sites for hydroxylation is 2. The third-order valence-corrected chi connectivity index (χ3v) is 5.02. The lowest BCUT2D eigenvalue weighted by Crippen LogP contribution is -2.64. The zero-order chi connectivity index (χ0) is 18.3. The van der Waals surface area contributed by atoms with Gasteiger partial charge in [0.05, 0.1) is 23.4 Å². The first-order valence-electron chi connectivity index (χ1n) is 8.95. The van der Waals surface area contributed by atoms with E-state index in [2.05, 4.69) is 10.4 Å². The van der Waals surface area contributed by atoms with Gasteiger partial charge in [0, 0.05) is 25.7 Å². The lowest BCUT2D eigenvalue weighted by molar-refractivity contribution is -0.0314. The highest BCUT2D eigenvalue weighted by molar-refractivity contribution is 5.98. The molecule has 136 valence electrons. The quantitative estimate of drug-likeness (QED) is 0.894. The van der Waals surface area contributed by atoms with Crippen molar-refractivity contribution in [2.75, 3.05) is 13.1 Å². The average molecular weight is 354 g/mol. The highest BCUT2D eigenvalue weighted by Crippen LogP contribution is 2.33. The molecule has 1 aromatic carbocycles. The van der Waals surface area contributed by atoms with Crippen LogP contribution in [0.2, 0.25) is 0 Å². The molecular weight excluding hydrogens is 332 g/mol. The monoisotopic (exact) mass is 354 g/mol. The van der Waals surface area contributed by atoms with E-state index in [9.17, 15) is 9.59 Å². The first-order chi connectivity index (χ1) is 12.5. The van der Waals surface area contributed by atoms with Gasteiger partial charge in [-0.05, 0) is 32.4 Å². The number of ether oxygens (including phenoxy) is 1. The Balaban J connectivity index is 1.59. The molecule has 0 saturated carbocycles. The van der Waals surface area contributed by atoms with Crippen LogP contribution in [0.1, 0.15) is 46.2 Å². The molecule has 2 aliphatic rings. The molecule has 3 heterocycles. The highest BCUT2D eigenvalue weighted by Gasteiger charge is 2.44. The summed E-state index contributed by atoms with van der Waals surface area (Å²) in [6.45, 7) is 5.50. The molecule has 1 saturated heterocycles. The van der Waals surface area contributed by atoms with Gasteiger partial charge < -0.3 is 15.0 Å². The van der Waals surface area contributed by atoms with Gasteiger partial charge in [0.1, 0.15) is 5.75 Å². The van der Waals surface area contributed by atoms with Crippen molar-refractivity contribution in [1.82, 2.24) is 20.0 Å². The topological polar surface area (TPSA) is 76.5 Å². The largest absolute Gasteiger partial charge is 0.465 e. The summed E-state index contributed by atoms with van der Waals surface area (Å²) < 4.78 is 7.92. The van der Waals surface area contributed by atoms with Crippen molar-refractivity contribution < 1.29 is 14.3 Å². The number of fused-ring (bicyclic) bond motifs is 1. The van der Waals surface area contributed by atoms with Gasteiger partial charge in [-0.2, -0.15) is 5.10 Å². The molecule has 1 unspecified atom stereocenters. The fraction of sp³-hybridized carbons (Fsp3) is 0.421. The summed E-state index contributed by atoms with van der Waals surface area (Å²) in [4.78, 5) is 27.3. The van der Waals surface area contributed by atoms with Gasteiger partial charge in [-0.3, -0.25) is 14.3 Å². The molecule has 1 spiro atoms. The molecule has 7 heteroatoms. The summed E-state index contributed by atoms with van der Waals surface area (Å²) in [6.07, 6.45) is 3.22. The van der Waals surface area contributed by atoms with Crippen molar-refractivity contribution in [3.8, 4) is 5.75 Å². The number of amides is 2. The number of benzene rings is 1. The van der Waals surface area contributed by atoms with Crippen LogP contribution in [0.3, 0.4) is 0 Å². The van der Waals surface area contributed by atoms with Crippen LogP contribution in [-0.4, -0.2) is 45.3 Å². The predicted molar refractivity (Wildman–Crippen MR) is 95.0 cm³/mol. The number of aromatic nitrogens is 2. The van der Waals surface area contributed by atoms with E-state index in [0.717, 1.165) is 12.1 Å². The molecule has 0 radical (unpaired) electrons. The van der Waals surface area contributed by atoms with Gasteiger partial charge >= 0.3 is 0 Å². The minimum atomic E-state index is -0.867. The standard InChI is InChI=1S/C19H22N4O3/c1-3-23-11-15(13(2)21-23)18(25)22-10-6-9-19(12-22)20-17(24)14-7-4-5-8-16(14)26-19/h4-5,7-8,11H,3,6,9-10,12H2,1-2H3,(H,20,24). The summed E-state index contributed by atoms with van der Waals surface area (Å²) in [5, 5.41) is 7.34. The number of para-hydroxylation sites is 1. The van der Waals surface area contributed by atoms with E-state index in [1.807, 2.05) is 26.0 Å². The number of rotatable bonds is 2. The van der Waals surface area contributed by atoms with Crippen LogP contribution in [0.5, 0.6) is 5.75 Å². The van der Waals surface area contributed by atoms with E-state index in [1.54, 1.807) is 27.9 Å². The molecule has 1 N–H and O–H groups in total. The fourth-order valence-electron chi connectivity index (χ4n) is 3.69. The van der Waals surface area contributed by atoms with Crippen LogP contribution in [0.25, 0.3) is 0 Å². The summed E-state index contributed by atoms with van der Waals surface area (Å²) in [5.41, 5.74) is 0.983. The van der Waals surface area contributed by atoms with E-state index < -0.39 is 5.72 Å². The molecular formula is C19H22N4O3. The fourth-order valence-corrected chi connectivity index (χ4v) is 3.69. The third kappa shape index (κ3) is 2.73. The Labute approximate surface area is 151 Å². The maximum atomic E-state index is 13.0. The molecule has 4 rings (SSSR count). The van der Waals surface area contributed by atoms with Crippen LogP contribution in [-0.2, 0) is 6.54 Å². The molecule has 1 atom stereocenters. The van der Waals surface area contributed by atoms with Crippen molar-refractivity contribution in [3.05, 3.63) is 47.3 Å². The second-order valence-corrected chi connectivity index (χ2v) is 6.86. The van der Waals surface area contributed by atoms with Gasteiger partial charge in [-0.25, -0.2) is 0 Å². The van der Waals surface area contributed by atoms with Crippen LogP contribution in [0.15, 0.2) is 30.5 Å². The number of likely N-dealkylation sites (tertiary alicyclic amines) is 1. The number of nitrogens with zero attached hydrogens (tertiary/aromatic N) is 3. The number of hydrogen-bond donors (Lipinski definition) is 1. The summed E-state index contributed by atoms with van der Waals surface area (Å²) in [6, 6.07) is 7.20. The van der Waals surface area contributed by atoms with E-state index in [-0.39, 0.29) is 11.8 Å². The second kappa shape index (κ2) is 6.16. The molecule has 26 heavy (non-hydrogen) atoms. The minimum absolute atomic E-state index is 0.0713. The number of hydrogen-bond acceptors (Lipinski definition) is 4. The second-order valence-electron chi connectivity index (χ2n) is 6.86. The lowest BCUT2D eigenvalue weighted by Gasteiger charge is -2.45. The zero-order valence-electron chi connectivity index (χ0n) is 15.0. The minimum Gasteiger partial charge on any atom is -0.465 e. The molecule has 2 aliphatic heterocycles. The summed E-state index contributed by atoms with van der Waals surface area (Å²) >= 11 is 0. The Morgan fingerprint density at radius 3 is 2.96 bits per heavy atom. The first kappa shape index (κ1) is 16.6. The molecule has 2 amide bonds.